The zero-order chi connectivity index (χ0) is 16.5. The summed E-state index contributed by atoms with van der Waals surface area (Å²) >= 11 is 1.37. The molecule has 0 bridgehead atoms. The summed E-state index contributed by atoms with van der Waals surface area (Å²) < 4.78 is 5.46. The highest BCUT2D eigenvalue weighted by molar-refractivity contribution is 7.11. The summed E-state index contributed by atoms with van der Waals surface area (Å²) in [5, 5.41) is 4.07. The predicted octanol–water partition coefficient (Wildman–Crippen LogP) is 3.48. The number of aromatic nitrogens is 3. The maximum atomic E-state index is 12.8. The molecule has 24 heavy (non-hydrogen) atoms. The zero-order valence-corrected chi connectivity index (χ0v) is 14.0. The molecule has 122 valence electrons. The number of benzene rings is 1. The Morgan fingerprint density at radius 1 is 1.33 bits per heavy atom. The predicted molar refractivity (Wildman–Crippen MR) is 89.6 cm³/mol. The first-order valence-corrected chi connectivity index (χ1v) is 8.72. The highest BCUT2D eigenvalue weighted by Crippen LogP contribution is 2.34. The van der Waals surface area contributed by atoms with E-state index in [-0.39, 0.29) is 11.9 Å². The van der Waals surface area contributed by atoms with E-state index in [0.29, 0.717) is 23.1 Å². The Morgan fingerprint density at radius 2 is 2.17 bits per heavy atom. The second kappa shape index (κ2) is 6.16. The van der Waals surface area contributed by atoms with Gasteiger partial charge in [0.05, 0.1) is 11.2 Å². The summed E-state index contributed by atoms with van der Waals surface area (Å²) in [6, 6.07) is 9.52. The van der Waals surface area contributed by atoms with Crippen molar-refractivity contribution >= 4 is 17.2 Å². The number of thiazole rings is 1. The van der Waals surface area contributed by atoms with Crippen LogP contribution in [-0.2, 0) is 0 Å². The third-order valence-corrected chi connectivity index (χ3v) is 5.13. The first-order valence-electron chi connectivity index (χ1n) is 7.84. The van der Waals surface area contributed by atoms with Crippen molar-refractivity contribution in [1.82, 2.24) is 20.0 Å². The molecule has 1 atom stereocenters. The molecule has 7 heteroatoms. The molecular formula is C17H16N4O2S. The lowest BCUT2D eigenvalue weighted by atomic mass is 10.2. The maximum Gasteiger partial charge on any atom is 0.266 e. The molecule has 0 saturated carbocycles. The van der Waals surface area contributed by atoms with E-state index in [4.69, 9.17) is 4.52 Å². The van der Waals surface area contributed by atoms with Crippen LogP contribution in [0.15, 0.2) is 40.4 Å². The molecule has 3 heterocycles. The third-order valence-electron chi connectivity index (χ3n) is 4.21. The van der Waals surface area contributed by atoms with Crippen LogP contribution in [0.25, 0.3) is 11.4 Å². The van der Waals surface area contributed by atoms with Crippen molar-refractivity contribution in [2.24, 2.45) is 0 Å². The minimum Gasteiger partial charge on any atom is -0.337 e. The van der Waals surface area contributed by atoms with Gasteiger partial charge in [0.1, 0.15) is 10.9 Å². The maximum absolute atomic E-state index is 12.8. The van der Waals surface area contributed by atoms with Gasteiger partial charge in [0.25, 0.3) is 5.91 Å². The summed E-state index contributed by atoms with van der Waals surface area (Å²) in [5.74, 6) is 1.05. The van der Waals surface area contributed by atoms with Crippen LogP contribution in [0.5, 0.6) is 0 Å². The number of hydrogen-bond donors (Lipinski definition) is 0. The Balaban J connectivity index is 1.61. The zero-order valence-electron chi connectivity index (χ0n) is 13.2. The quantitative estimate of drug-likeness (QED) is 0.730. The molecule has 0 radical (unpaired) electrons. The molecular weight excluding hydrogens is 324 g/mol. The Kier molecular flexibility index (Phi) is 3.86. The van der Waals surface area contributed by atoms with E-state index in [1.807, 2.05) is 42.2 Å². The average Bonchev–Trinajstić information content (AvgIpc) is 3.35. The molecule has 0 unspecified atom stereocenters. The van der Waals surface area contributed by atoms with Crippen molar-refractivity contribution in [1.29, 1.82) is 0 Å². The number of likely N-dealkylation sites (tertiary alicyclic amines) is 1. The summed E-state index contributed by atoms with van der Waals surface area (Å²) in [7, 11) is 0. The number of rotatable bonds is 3. The van der Waals surface area contributed by atoms with Crippen LogP contribution >= 0.6 is 11.3 Å². The highest BCUT2D eigenvalue weighted by atomic mass is 32.1. The van der Waals surface area contributed by atoms with E-state index in [0.717, 1.165) is 24.1 Å². The number of carbonyl (C=O) groups excluding carboxylic acids is 1. The minimum absolute atomic E-state index is 0.00281. The van der Waals surface area contributed by atoms with Crippen LogP contribution in [0.1, 0.15) is 40.1 Å². The fourth-order valence-electron chi connectivity index (χ4n) is 2.98. The number of nitrogens with zero attached hydrogens (tertiary/aromatic N) is 4. The van der Waals surface area contributed by atoms with Gasteiger partial charge in [0.2, 0.25) is 11.7 Å². The van der Waals surface area contributed by atoms with E-state index in [1.165, 1.54) is 11.3 Å². The van der Waals surface area contributed by atoms with Gasteiger partial charge in [-0.05, 0) is 19.8 Å². The molecule has 4 rings (SSSR count). The molecule has 1 fully saturated rings. The molecule has 0 spiro atoms. The lowest BCUT2D eigenvalue weighted by molar-refractivity contribution is 0.0714. The topological polar surface area (TPSA) is 72.1 Å². The van der Waals surface area contributed by atoms with Crippen LogP contribution < -0.4 is 0 Å². The van der Waals surface area contributed by atoms with Gasteiger partial charge in [-0.15, -0.1) is 11.3 Å². The van der Waals surface area contributed by atoms with Crippen molar-refractivity contribution in [2.45, 2.75) is 25.8 Å². The number of hydrogen-bond acceptors (Lipinski definition) is 6. The lowest BCUT2D eigenvalue weighted by Crippen LogP contribution is -2.30. The largest absolute Gasteiger partial charge is 0.337 e. The van der Waals surface area contributed by atoms with Crippen LogP contribution in [0, 0.1) is 6.92 Å². The SMILES string of the molecule is Cc1ncsc1C(=O)N1CCC[C@H]1c1nc(-c2ccccc2)no1. The van der Waals surface area contributed by atoms with Gasteiger partial charge in [0.15, 0.2) is 0 Å². The second-order valence-corrected chi connectivity index (χ2v) is 6.60. The molecule has 1 aromatic carbocycles. The van der Waals surface area contributed by atoms with Gasteiger partial charge in [-0.2, -0.15) is 4.98 Å². The van der Waals surface area contributed by atoms with Gasteiger partial charge in [-0.25, -0.2) is 4.98 Å². The van der Waals surface area contributed by atoms with Crippen LogP contribution in [0.3, 0.4) is 0 Å². The molecule has 2 aromatic heterocycles. The van der Waals surface area contributed by atoms with Gasteiger partial charge >= 0.3 is 0 Å². The van der Waals surface area contributed by atoms with Crippen molar-refractivity contribution in [3.05, 3.63) is 52.3 Å². The van der Waals surface area contributed by atoms with Gasteiger partial charge in [-0.3, -0.25) is 4.79 Å². The summed E-state index contributed by atoms with van der Waals surface area (Å²) in [4.78, 5) is 24.0. The van der Waals surface area contributed by atoms with Crippen molar-refractivity contribution in [2.75, 3.05) is 6.54 Å². The number of amides is 1. The molecule has 6 nitrogen and oxygen atoms in total. The fourth-order valence-corrected chi connectivity index (χ4v) is 3.74. The van der Waals surface area contributed by atoms with Crippen molar-refractivity contribution < 1.29 is 9.32 Å². The molecule has 0 aliphatic carbocycles. The normalized spacial score (nSPS) is 17.4. The smallest absolute Gasteiger partial charge is 0.266 e. The molecule has 1 saturated heterocycles. The van der Waals surface area contributed by atoms with Crippen LogP contribution in [0.4, 0.5) is 0 Å². The highest BCUT2D eigenvalue weighted by Gasteiger charge is 2.35. The summed E-state index contributed by atoms with van der Waals surface area (Å²) in [6.07, 6.45) is 1.76. The molecule has 1 amide bonds. The third kappa shape index (κ3) is 2.60. The Morgan fingerprint density at radius 3 is 2.92 bits per heavy atom. The first kappa shape index (κ1) is 15.0. The first-order chi connectivity index (χ1) is 11.7. The summed E-state index contributed by atoms with van der Waals surface area (Å²) in [6.45, 7) is 2.55. The molecule has 1 aliphatic heterocycles. The van der Waals surface area contributed by atoms with E-state index in [2.05, 4.69) is 15.1 Å². The number of aryl methyl sites for hydroxylation is 1. The van der Waals surface area contributed by atoms with Crippen LogP contribution in [-0.4, -0.2) is 32.5 Å². The molecule has 3 aromatic rings. The van der Waals surface area contributed by atoms with E-state index >= 15 is 0 Å². The second-order valence-electron chi connectivity index (χ2n) is 5.75. The van der Waals surface area contributed by atoms with Crippen molar-refractivity contribution in [3.8, 4) is 11.4 Å². The Hall–Kier alpha value is -2.54. The van der Waals surface area contributed by atoms with Crippen molar-refractivity contribution in [3.63, 3.8) is 0 Å². The molecule has 1 aliphatic rings. The summed E-state index contributed by atoms with van der Waals surface area (Å²) in [5.41, 5.74) is 3.38. The lowest BCUT2D eigenvalue weighted by Gasteiger charge is -2.21. The monoisotopic (exact) mass is 340 g/mol. The van der Waals surface area contributed by atoms with Crippen LogP contribution in [0.2, 0.25) is 0 Å². The standard InChI is InChI=1S/C17H16N4O2S/c1-11-14(24-10-18-11)17(22)21-9-5-8-13(21)16-19-15(20-23-16)12-6-3-2-4-7-12/h2-4,6-7,10,13H,5,8-9H2,1H3/t13-/m0/s1. The Bertz CT molecular complexity index is 858. The fraction of sp³-hybridized carbons (Fsp3) is 0.294. The van der Waals surface area contributed by atoms with E-state index < -0.39 is 0 Å². The molecule has 0 N–H and O–H groups in total. The average molecular weight is 340 g/mol. The van der Waals surface area contributed by atoms with E-state index in [1.54, 1.807) is 5.51 Å². The minimum atomic E-state index is -0.163. The van der Waals surface area contributed by atoms with Gasteiger partial charge in [0, 0.05) is 12.1 Å². The number of carbonyl (C=O) groups is 1. The Labute approximate surface area is 143 Å². The van der Waals surface area contributed by atoms with Gasteiger partial charge in [-0.1, -0.05) is 35.5 Å². The van der Waals surface area contributed by atoms with E-state index in [9.17, 15) is 4.79 Å². The van der Waals surface area contributed by atoms with Gasteiger partial charge < -0.3 is 9.42 Å².